The summed E-state index contributed by atoms with van der Waals surface area (Å²) in [6.07, 6.45) is 5.32. The molecule has 2 aromatic heterocycles. The summed E-state index contributed by atoms with van der Waals surface area (Å²) in [4.78, 5) is 22.7. The summed E-state index contributed by atoms with van der Waals surface area (Å²) in [7, 11) is 3.14. The Labute approximate surface area is 198 Å². The van der Waals surface area contributed by atoms with E-state index in [0.29, 0.717) is 46.0 Å². The molecule has 0 aliphatic carbocycles. The molecule has 8 heteroatoms. The highest BCUT2D eigenvalue weighted by Crippen LogP contribution is 2.35. The van der Waals surface area contributed by atoms with Gasteiger partial charge in [-0.3, -0.25) is 4.57 Å². The lowest BCUT2D eigenvalue weighted by atomic mass is 10.2. The van der Waals surface area contributed by atoms with Crippen molar-refractivity contribution in [3.05, 3.63) is 48.0 Å². The molecule has 0 bridgehead atoms. The molecule has 4 aromatic rings. The molecular formula is C26H30N4O4. The first-order valence-corrected chi connectivity index (χ1v) is 11.5. The zero-order valence-electron chi connectivity index (χ0n) is 19.8. The van der Waals surface area contributed by atoms with E-state index in [1.807, 2.05) is 30.3 Å². The standard InChI is InChI=1S/C26H30N4O4/c1-4-5-6-7-10-15-34-26(31)22-23-25(29-19-12-9-8-11-18(19)28-23)30(24(22)27)17-13-14-20(32-2)21(16-17)33-3/h8-9,11-14,16H,4-7,10,15,27H2,1-3H3. The molecule has 178 valence electrons. The highest BCUT2D eigenvalue weighted by molar-refractivity contribution is 6.09. The van der Waals surface area contributed by atoms with E-state index in [2.05, 4.69) is 6.92 Å². The first kappa shape index (κ1) is 23.4. The second-order valence-corrected chi connectivity index (χ2v) is 8.07. The van der Waals surface area contributed by atoms with Gasteiger partial charge in [-0.2, -0.15) is 0 Å². The van der Waals surface area contributed by atoms with Crippen LogP contribution in [0.15, 0.2) is 42.5 Å². The van der Waals surface area contributed by atoms with Gasteiger partial charge in [0.15, 0.2) is 17.1 Å². The van der Waals surface area contributed by atoms with Crippen LogP contribution in [0.1, 0.15) is 49.4 Å². The number of anilines is 1. The van der Waals surface area contributed by atoms with Gasteiger partial charge in [0.2, 0.25) is 0 Å². The number of nitrogens with two attached hydrogens (primary N) is 1. The molecule has 0 unspecified atom stereocenters. The first-order valence-electron chi connectivity index (χ1n) is 11.5. The van der Waals surface area contributed by atoms with E-state index in [-0.39, 0.29) is 11.4 Å². The van der Waals surface area contributed by atoms with Gasteiger partial charge >= 0.3 is 5.97 Å². The number of rotatable bonds is 10. The van der Waals surface area contributed by atoms with E-state index in [9.17, 15) is 4.79 Å². The van der Waals surface area contributed by atoms with Gasteiger partial charge in [-0.15, -0.1) is 0 Å². The minimum atomic E-state index is -0.498. The van der Waals surface area contributed by atoms with E-state index >= 15 is 0 Å². The largest absolute Gasteiger partial charge is 0.493 e. The molecule has 0 aliphatic heterocycles. The molecule has 4 rings (SSSR count). The van der Waals surface area contributed by atoms with Crippen LogP contribution in [0.2, 0.25) is 0 Å². The molecule has 0 aliphatic rings. The third kappa shape index (κ3) is 4.48. The number of aromatic nitrogens is 3. The third-order valence-electron chi connectivity index (χ3n) is 5.81. The van der Waals surface area contributed by atoms with Crippen molar-refractivity contribution in [1.29, 1.82) is 0 Å². The normalized spacial score (nSPS) is 11.1. The summed E-state index contributed by atoms with van der Waals surface area (Å²) in [6, 6.07) is 12.9. The molecule has 2 heterocycles. The number of carbonyl (C=O) groups is 1. The molecule has 2 N–H and O–H groups in total. The summed E-state index contributed by atoms with van der Waals surface area (Å²) < 4.78 is 18.1. The Hall–Kier alpha value is -3.81. The zero-order valence-corrected chi connectivity index (χ0v) is 19.8. The molecule has 0 amide bonds. The molecular weight excluding hydrogens is 432 g/mol. The van der Waals surface area contributed by atoms with Crippen LogP contribution in [0.5, 0.6) is 11.5 Å². The fraction of sp³-hybridized carbons (Fsp3) is 0.346. The van der Waals surface area contributed by atoms with Gasteiger partial charge in [0.25, 0.3) is 0 Å². The van der Waals surface area contributed by atoms with E-state index in [1.54, 1.807) is 30.9 Å². The third-order valence-corrected chi connectivity index (χ3v) is 5.81. The summed E-state index contributed by atoms with van der Waals surface area (Å²) in [5.41, 5.74) is 9.69. The number of unbranched alkanes of at least 4 members (excludes halogenated alkanes) is 4. The summed E-state index contributed by atoms with van der Waals surface area (Å²) in [5.74, 6) is 0.835. The number of esters is 1. The Kier molecular flexibility index (Phi) is 7.15. The van der Waals surface area contributed by atoms with Crippen LogP contribution >= 0.6 is 0 Å². The Bertz CT molecular complexity index is 1320. The molecule has 2 aromatic carbocycles. The number of hydrogen-bond donors (Lipinski definition) is 1. The van der Waals surface area contributed by atoms with Crippen molar-refractivity contribution in [3.8, 4) is 17.2 Å². The van der Waals surface area contributed by atoms with E-state index in [4.69, 9.17) is 29.9 Å². The van der Waals surface area contributed by atoms with Crippen molar-refractivity contribution in [2.75, 3.05) is 26.6 Å². The van der Waals surface area contributed by atoms with Crippen molar-refractivity contribution >= 4 is 34.0 Å². The summed E-state index contributed by atoms with van der Waals surface area (Å²) in [6.45, 7) is 2.51. The van der Waals surface area contributed by atoms with Crippen molar-refractivity contribution < 1.29 is 19.0 Å². The molecule has 34 heavy (non-hydrogen) atoms. The van der Waals surface area contributed by atoms with Gasteiger partial charge < -0.3 is 19.9 Å². The number of fused-ring (bicyclic) bond motifs is 2. The fourth-order valence-corrected chi connectivity index (χ4v) is 4.03. The number of para-hydroxylation sites is 2. The number of methoxy groups -OCH3 is 2. The number of hydrogen-bond acceptors (Lipinski definition) is 7. The number of carbonyl (C=O) groups excluding carboxylic acids is 1. The van der Waals surface area contributed by atoms with Gasteiger partial charge in [0.1, 0.15) is 16.9 Å². The van der Waals surface area contributed by atoms with E-state index in [1.165, 1.54) is 12.8 Å². The second-order valence-electron chi connectivity index (χ2n) is 8.07. The lowest BCUT2D eigenvalue weighted by Gasteiger charge is -2.12. The average molecular weight is 463 g/mol. The van der Waals surface area contributed by atoms with Gasteiger partial charge in [-0.1, -0.05) is 44.7 Å². The smallest absolute Gasteiger partial charge is 0.344 e. The highest BCUT2D eigenvalue weighted by atomic mass is 16.5. The van der Waals surface area contributed by atoms with Gasteiger partial charge in [-0.05, 0) is 30.7 Å². The number of ether oxygens (including phenoxy) is 3. The van der Waals surface area contributed by atoms with Crippen molar-refractivity contribution in [1.82, 2.24) is 14.5 Å². The van der Waals surface area contributed by atoms with E-state index < -0.39 is 5.97 Å². The Morgan fingerprint density at radius 3 is 2.35 bits per heavy atom. The minimum absolute atomic E-state index is 0.216. The number of benzene rings is 2. The van der Waals surface area contributed by atoms with Gasteiger partial charge in [0, 0.05) is 6.07 Å². The van der Waals surface area contributed by atoms with Crippen LogP contribution in [-0.4, -0.2) is 41.3 Å². The van der Waals surface area contributed by atoms with Crippen LogP contribution < -0.4 is 15.2 Å². The van der Waals surface area contributed by atoms with Gasteiger partial charge in [0.05, 0.1) is 37.5 Å². The van der Waals surface area contributed by atoms with Crippen LogP contribution in [0, 0.1) is 0 Å². The minimum Gasteiger partial charge on any atom is -0.493 e. The van der Waals surface area contributed by atoms with Crippen LogP contribution in [0.25, 0.3) is 27.9 Å². The Balaban J connectivity index is 1.79. The highest BCUT2D eigenvalue weighted by Gasteiger charge is 2.26. The molecule has 0 radical (unpaired) electrons. The maximum Gasteiger partial charge on any atom is 0.344 e. The van der Waals surface area contributed by atoms with Crippen molar-refractivity contribution in [2.45, 2.75) is 39.0 Å². The molecule has 0 fully saturated rings. The topological polar surface area (TPSA) is 101 Å². The van der Waals surface area contributed by atoms with Crippen molar-refractivity contribution in [3.63, 3.8) is 0 Å². The maximum atomic E-state index is 13.1. The zero-order chi connectivity index (χ0) is 24.1. The molecule has 8 nitrogen and oxygen atoms in total. The molecule has 0 saturated carbocycles. The summed E-state index contributed by atoms with van der Waals surface area (Å²) >= 11 is 0. The lowest BCUT2D eigenvalue weighted by molar-refractivity contribution is 0.0501. The maximum absolute atomic E-state index is 13.1. The SMILES string of the molecule is CCCCCCCOC(=O)c1c(N)n(-c2ccc(OC)c(OC)c2)c2nc3ccccc3nc12. The van der Waals surface area contributed by atoms with Crippen LogP contribution in [0.4, 0.5) is 5.82 Å². The fourth-order valence-electron chi connectivity index (χ4n) is 4.03. The number of nitrogen functional groups attached to an aromatic ring is 1. The second kappa shape index (κ2) is 10.4. The van der Waals surface area contributed by atoms with Crippen LogP contribution in [0.3, 0.4) is 0 Å². The first-order chi connectivity index (χ1) is 16.6. The predicted octanol–water partition coefficient (Wildman–Crippen LogP) is 5.30. The average Bonchev–Trinajstić information content (AvgIpc) is 3.14. The molecule has 0 saturated heterocycles. The van der Waals surface area contributed by atoms with Gasteiger partial charge in [-0.25, -0.2) is 14.8 Å². The van der Waals surface area contributed by atoms with Crippen molar-refractivity contribution in [2.24, 2.45) is 0 Å². The quantitative estimate of drug-likeness (QED) is 0.252. The van der Waals surface area contributed by atoms with Crippen LogP contribution in [-0.2, 0) is 4.74 Å². The lowest BCUT2D eigenvalue weighted by Crippen LogP contribution is -2.10. The van der Waals surface area contributed by atoms with E-state index in [0.717, 1.165) is 19.3 Å². The predicted molar refractivity (Wildman–Crippen MR) is 133 cm³/mol. The Morgan fingerprint density at radius 2 is 1.65 bits per heavy atom. The summed E-state index contributed by atoms with van der Waals surface area (Å²) in [5, 5.41) is 0. The monoisotopic (exact) mass is 462 g/mol. The molecule has 0 spiro atoms. The molecule has 0 atom stereocenters. The number of nitrogens with zero attached hydrogens (tertiary/aromatic N) is 3. The Morgan fingerprint density at radius 1 is 0.941 bits per heavy atom.